The van der Waals surface area contributed by atoms with Crippen LogP contribution < -0.4 is 11.5 Å². The minimum atomic E-state index is 0.0994. The third-order valence-electron chi connectivity index (χ3n) is 1.63. The molecule has 0 saturated carbocycles. The SMILES string of the molecule is CC(N)CC(N)Sc1ccccc1. The lowest BCUT2D eigenvalue weighted by Crippen LogP contribution is -2.26. The summed E-state index contributed by atoms with van der Waals surface area (Å²) in [5.41, 5.74) is 11.5. The molecule has 2 atom stereocenters. The zero-order chi connectivity index (χ0) is 9.68. The van der Waals surface area contributed by atoms with E-state index in [2.05, 4.69) is 12.1 Å². The second kappa shape index (κ2) is 5.27. The highest BCUT2D eigenvalue weighted by molar-refractivity contribution is 7.99. The molecule has 1 aromatic rings. The smallest absolute Gasteiger partial charge is 0.0569 e. The van der Waals surface area contributed by atoms with Crippen LogP contribution >= 0.6 is 11.8 Å². The molecule has 2 nitrogen and oxygen atoms in total. The topological polar surface area (TPSA) is 52.0 Å². The number of thioether (sulfide) groups is 1. The van der Waals surface area contributed by atoms with E-state index < -0.39 is 0 Å². The van der Waals surface area contributed by atoms with Crippen molar-refractivity contribution in [3.63, 3.8) is 0 Å². The van der Waals surface area contributed by atoms with Gasteiger partial charge in [-0.2, -0.15) is 0 Å². The first kappa shape index (κ1) is 10.6. The second-order valence-corrected chi connectivity index (χ2v) is 4.49. The Hall–Kier alpha value is -0.510. The number of nitrogens with two attached hydrogens (primary N) is 2. The first-order chi connectivity index (χ1) is 6.18. The van der Waals surface area contributed by atoms with Gasteiger partial charge in [-0.3, -0.25) is 0 Å². The molecule has 0 spiro atoms. The van der Waals surface area contributed by atoms with Crippen molar-refractivity contribution >= 4 is 11.8 Å². The Bertz CT molecular complexity index is 236. The number of rotatable bonds is 4. The monoisotopic (exact) mass is 196 g/mol. The molecule has 0 aliphatic rings. The van der Waals surface area contributed by atoms with Gasteiger partial charge in [0.2, 0.25) is 0 Å². The molecular formula is C10H16N2S. The Morgan fingerprint density at radius 3 is 2.38 bits per heavy atom. The van der Waals surface area contributed by atoms with E-state index in [4.69, 9.17) is 11.5 Å². The Labute approximate surface area is 83.7 Å². The molecule has 4 N–H and O–H groups in total. The van der Waals surface area contributed by atoms with Gasteiger partial charge in [0.05, 0.1) is 5.37 Å². The van der Waals surface area contributed by atoms with Crippen molar-refractivity contribution in [2.24, 2.45) is 11.5 Å². The summed E-state index contributed by atoms with van der Waals surface area (Å²) < 4.78 is 0. The third kappa shape index (κ3) is 4.31. The van der Waals surface area contributed by atoms with Gasteiger partial charge >= 0.3 is 0 Å². The number of benzene rings is 1. The highest BCUT2D eigenvalue weighted by Crippen LogP contribution is 2.21. The summed E-state index contributed by atoms with van der Waals surface area (Å²) in [7, 11) is 0. The summed E-state index contributed by atoms with van der Waals surface area (Å²) in [4.78, 5) is 1.20. The molecule has 1 rings (SSSR count). The summed E-state index contributed by atoms with van der Waals surface area (Å²) in [6.07, 6.45) is 0.847. The van der Waals surface area contributed by atoms with Gasteiger partial charge in [0.1, 0.15) is 0 Å². The van der Waals surface area contributed by atoms with Crippen molar-refractivity contribution < 1.29 is 0 Å². The van der Waals surface area contributed by atoms with E-state index in [9.17, 15) is 0 Å². The van der Waals surface area contributed by atoms with Crippen LogP contribution in [-0.2, 0) is 0 Å². The zero-order valence-electron chi connectivity index (χ0n) is 7.81. The molecule has 0 aromatic heterocycles. The molecule has 0 aliphatic carbocycles. The Morgan fingerprint density at radius 1 is 1.23 bits per heavy atom. The maximum atomic E-state index is 5.89. The van der Waals surface area contributed by atoms with Gasteiger partial charge in [0.25, 0.3) is 0 Å². The van der Waals surface area contributed by atoms with Crippen molar-refractivity contribution in [2.45, 2.75) is 29.7 Å². The lowest BCUT2D eigenvalue weighted by atomic mass is 10.2. The highest BCUT2D eigenvalue weighted by Gasteiger charge is 2.06. The van der Waals surface area contributed by atoms with Crippen LogP contribution in [0.3, 0.4) is 0 Å². The van der Waals surface area contributed by atoms with Crippen LogP contribution in [0, 0.1) is 0 Å². The second-order valence-electron chi connectivity index (χ2n) is 3.18. The van der Waals surface area contributed by atoms with E-state index in [1.54, 1.807) is 11.8 Å². The minimum Gasteiger partial charge on any atom is -0.328 e. The van der Waals surface area contributed by atoms with Crippen molar-refractivity contribution in [1.82, 2.24) is 0 Å². The molecule has 2 unspecified atom stereocenters. The van der Waals surface area contributed by atoms with Crippen LogP contribution in [0.1, 0.15) is 13.3 Å². The average Bonchev–Trinajstić information content (AvgIpc) is 2.04. The normalized spacial score (nSPS) is 15.3. The van der Waals surface area contributed by atoms with Gasteiger partial charge in [0.15, 0.2) is 0 Å². The van der Waals surface area contributed by atoms with Gasteiger partial charge in [-0.05, 0) is 25.5 Å². The van der Waals surface area contributed by atoms with Crippen molar-refractivity contribution in [1.29, 1.82) is 0 Å². The number of hydrogen-bond donors (Lipinski definition) is 2. The minimum absolute atomic E-state index is 0.0994. The molecule has 0 fully saturated rings. The molecule has 0 radical (unpaired) electrons. The van der Waals surface area contributed by atoms with Crippen LogP contribution in [0.5, 0.6) is 0 Å². The largest absolute Gasteiger partial charge is 0.328 e. The molecule has 3 heteroatoms. The fourth-order valence-electron chi connectivity index (χ4n) is 1.09. The van der Waals surface area contributed by atoms with Crippen LogP contribution in [0.2, 0.25) is 0 Å². The summed E-state index contributed by atoms with van der Waals surface area (Å²) >= 11 is 1.67. The summed E-state index contributed by atoms with van der Waals surface area (Å²) in [5, 5.41) is 0.0994. The predicted octanol–water partition coefficient (Wildman–Crippen LogP) is 1.80. The fourth-order valence-corrected chi connectivity index (χ4v) is 2.15. The van der Waals surface area contributed by atoms with E-state index in [1.165, 1.54) is 4.90 Å². The number of hydrogen-bond acceptors (Lipinski definition) is 3. The molecule has 0 bridgehead atoms. The van der Waals surface area contributed by atoms with Crippen LogP contribution in [0.25, 0.3) is 0 Å². The molecule has 0 aliphatic heterocycles. The van der Waals surface area contributed by atoms with Crippen molar-refractivity contribution in [3.05, 3.63) is 30.3 Å². The first-order valence-corrected chi connectivity index (χ1v) is 5.29. The van der Waals surface area contributed by atoms with Crippen LogP contribution in [0.4, 0.5) is 0 Å². The van der Waals surface area contributed by atoms with E-state index in [-0.39, 0.29) is 11.4 Å². The predicted molar refractivity (Wildman–Crippen MR) is 58.5 cm³/mol. The maximum Gasteiger partial charge on any atom is 0.0569 e. The first-order valence-electron chi connectivity index (χ1n) is 4.41. The van der Waals surface area contributed by atoms with Crippen LogP contribution in [0.15, 0.2) is 35.2 Å². The molecule has 1 aromatic carbocycles. The van der Waals surface area contributed by atoms with Crippen molar-refractivity contribution in [3.8, 4) is 0 Å². The third-order valence-corrected chi connectivity index (χ3v) is 2.67. The van der Waals surface area contributed by atoms with Crippen LogP contribution in [-0.4, -0.2) is 11.4 Å². The maximum absolute atomic E-state index is 5.89. The average molecular weight is 196 g/mol. The fraction of sp³-hybridized carbons (Fsp3) is 0.400. The molecule has 72 valence electrons. The Kier molecular flexibility index (Phi) is 4.28. The van der Waals surface area contributed by atoms with E-state index in [1.807, 2.05) is 25.1 Å². The van der Waals surface area contributed by atoms with Gasteiger partial charge in [0, 0.05) is 10.9 Å². The highest BCUT2D eigenvalue weighted by atomic mass is 32.2. The quantitative estimate of drug-likeness (QED) is 0.570. The van der Waals surface area contributed by atoms with Gasteiger partial charge in [-0.1, -0.05) is 18.2 Å². The lowest BCUT2D eigenvalue weighted by Gasteiger charge is -2.13. The lowest BCUT2D eigenvalue weighted by molar-refractivity contribution is 0.651. The molecule has 0 heterocycles. The van der Waals surface area contributed by atoms with Gasteiger partial charge < -0.3 is 11.5 Å². The Morgan fingerprint density at radius 2 is 1.85 bits per heavy atom. The summed E-state index contributed by atoms with van der Waals surface area (Å²) in [6, 6.07) is 10.3. The molecule has 13 heavy (non-hydrogen) atoms. The van der Waals surface area contributed by atoms with Gasteiger partial charge in [-0.25, -0.2) is 0 Å². The van der Waals surface area contributed by atoms with Gasteiger partial charge in [-0.15, -0.1) is 11.8 Å². The van der Waals surface area contributed by atoms with E-state index >= 15 is 0 Å². The molecule has 0 amide bonds. The van der Waals surface area contributed by atoms with E-state index in [0.29, 0.717) is 0 Å². The Balaban J connectivity index is 2.41. The molecule has 0 saturated heterocycles. The van der Waals surface area contributed by atoms with Crippen molar-refractivity contribution in [2.75, 3.05) is 0 Å². The summed E-state index contributed by atoms with van der Waals surface area (Å²) in [5.74, 6) is 0. The summed E-state index contributed by atoms with van der Waals surface area (Å²) in [6.45, 7) is 1.98. The zero-order valence-corrected chi connectivity index (χ0v) is 8.63. The molecular weight excluding hydrogens is 180 g/mol. The standard InChI is InChI=1S/C10H16N2S/c1-8(11)7-10(12)13-9-5-3-2-4-6-9/h2-6,8,10H,7,11-12H2,1H3. The van der Waals surface area contributed by atoms with E-state index in [0.717, 1.165) is 6.42 Å².